The van der Waals surface area contributed by atoms with E-state index in [4.69, 9.17) is 16.3 Å². The number of rotatable bonds is 1. The molecule has 0 aliphatic carbocycles. The third-order valence-corrected chi connectivity index (χ3v) is 5.07. The zero-order chi connectivity index (χ0) is 16.7. The molecule has 0 bridgehead atoms. The molecule has 1 aromatic heterocycles. The quantitative estimate of drug-likeness (QED) is 0.793. The highest BCUT2D eigenvalue weighted by atomic mass is 35.5. The zero-order valence-corrected chi connectivity index (χ0v) is 14.2. The first-order valence-electron chi connectivity index (χ1n) is 8.12. The summed E-state index contributed by atoms with van der Waals surface area (Å²) in [4.78, 5) is 14.7. The Balaban J connectivity index is 1.52. The number of aromatic nitrogens is 2. The summed E-state index contributed by atoms with van der Waals surface area (Å²) in [5, 5.41) is 8.93. The standard InChI is InChI=1S/C18H18ClN3O2/c1-12-2-5-17(21-20-12)22-8-6-18(7-9-22)11-15(23)14-10-13(19)3-4-16(14)24-18/h2-5,10H,6-9,11H2,1H3. The number of halogens is 1. The van der Waals surface area contributed by atoms with Crippen molar-refractivity contribution in [2.45, 2.75) is 31.8 Å². The fourth-order valence-corrected chi connectivity index (χ4v) is 3.62. The van der Waals surface area contributed by atoms with Gasteiger partial charge >= 0.3 is 0 Å². The SMILES string of the molecule is Cc1ccc(N2CCC3(CC2)CC(=O)c2cc(Cl)ccc2O3)nn1. The molecule has 1 fully saturated rings. The average molecular weight is 344 g/mol. The largest absolute Gasteiger partial charge is 0.486 e. The van der Waals surface area contributed by atoms with Gasteiger partial charge in [-0.2, -0.15) is 5.10 Å². The molecular weight excluding hydrogens is 326 g/mol. The first-order chi connectivity index (χ1) is 11.5. The second-order valence-electron chi connectivity index (χ2n) is 6.55. The van der Waals surface area contributed by atoms with E-state index in [-0.39, 0.29) is 5.78 Å². The van der Waals surface area contributed by atoms with Crippen molar-refractivity contribution in [3.05, 3.63) is 46.6 Å². The highest BCUT2D eigenvalue weighted by Gasteiger charge is 2.43. The normalized spacial score (nSPS) is 19.1. The average Bonchev–Trinajstić information content (AvgIpc) is 2.57. The second kappa shape index (κ2) is 5.74. The maximum absolute atomic E-state index is 12.5. The van der Waals surface area contributed by atoms with E-state index in [0.29, 0.717) is 22.8 Å². The van der Waals surface area contributed by atoms with E-state index in [9.17, 15) is 4.79 Å². The molecule has 5 nitrogen and oxygen atoms in total. The van der Waals surface area contributed by atoms with Crippen LogP contribution in [0.15, 0.2) is 30.3 Å². The van der Waals surface area contributed by atoms with Gasteiger partial charge in [0, 0.05) is 31.0 Å². The van der Waals surface area contributed by atoms with E-state index < -0.39 is 5.60 Å². The zero-order valence-electron chi connectivity index (χ0n) is 13.5. The summed E-state index contributed by atoms with van der Waals surface area (Å²) in [6, 6.07) is 9.22. The Labute approximate surface area is 145 Å². The van der Waals surface area contributed by atoms with E-state index in [1.54, 1.807) is 18.2 Å². The van der Waals surface area contributed by atoms with Gasteiger partial charge in [0.2, 0.25) is 0 Å². The Morgan fingerprint density at radius 3 is 2.67 bits per heavy atom. The first-order valence-corrected chi connectivity index (χ1v) is 8.50. The first kappa shape index (κ1) is 15.4. The lowest BCUT2D eigenvalue weighted by Gasteiger charge is -2.44. The van der Waals surface area contributed by atoms with Crippen molar-refractivity contribution in [2.24, 2.45) is 0 Å². The predicted molar refractivity (Wildman–Crippen MR) is 92.0 cm³/mol. The molecule has 0 N–H and O–H groups in total. The molecule has 1 saturated heterocycles. The molecule has 2 aliphatic rings. The third-order valence-electron chi connectivity index (χ3n) is 4.83. The number of carbonyl (C=O) groups excluding carboxylic acids is 1. The van der Waals surface area contributed by atoms with Gasteiger partial charge in [-0.05, 0) is 37.3 Å². The maximum Gasteiger partial charge on any atom is 0.170 e. The van der Waals surface area contributed by atoms with Crippen LogP contribution in [0, 0.1) is 6.92 Å². The van der Waals surface area contributed by atoms with Gasteiger partial charge in [0.05, 0.1) is 17.7 Å². The topological polar surface area (TPSA) is 55.3 Å². The summed E-state index contributed by atoms with van der Waals surface area (Å²) in [6.07, 6.45) is 1.99. The van der Waals surface area contributed by atoms with Gasteiger partial charge in [-0.25, -0.2) is 0 Å². The van der Waals surface area contributed by atoms with E-state index in [1.807, 2.05) is 19.1 Å². The predicted octanol–water partition coefficient (Wildman–Crippen LogP) is 3.44. The highest BCUT2D eigenvalue weighted by Crippen LogP contribution is 2.40. The molecule has 3 heterocycles. The molecule has 0 saturated carbocycles. The minimum absolute atomic E-state index is 0.113. The van der Waals surface area contributed by atoms with Crippen LogP contribution in [0.4, 0.5) is 5.82 Å². The van der Waals surface area contributed by atoms with Crippen LogP contribution in [-0.4, -0.2) is 34.7 Å². The number of benzene rings is 1. The van der Waals surface area contributed by atoms with Crippen LogP contribution in [-0.2, 0) is 0 Å². The summed E-state index contributed by atoms with van der Waals surface area (Å²) in [5.41, 5.74) is 1.09. The maximum atomic E-state index is 12.5. The molecule has 0 unspecified atom stereocenters. The van der Waals surface area contributed by atoms with Crippen molar-refractivity contribution in [1.29, 1.82) is 0 Å². The molecule has 0 radical (unpaired) electrons. The van der Waals surface area contributed by atoms with Crippen LogP contribution in [0.5, 0.6) is 5.75 Å². The Bertz CT molecular complexity index is 783. The van der Waals surface area contributed by atoms with Gasteiger partial charge in [-0.3, -0.25) is 4.79 Å². The lowest BCUT2D eigenvalue weighted by molar-refractivity contribution is 0.0231. The summed E-state index contributed by atoms with van der Waals surface area (Å²) >= 11 is 5.99. The van der Waals surface area contributed by atoms with Gasteiger partial charge in [-0.1, -0.05) is 11.6 Å². The van der Waals surface area contributed by atoms with Crippen molar-refractivity contribution in [3.63, 3.8) is 0 Å². The number of ether oxygens (including phenoxy) is 1. The number of nitrogens with zero attached hydrogens (tertiary/aromatic N) is 3. The van der Waals surface area contributed by atoms with E-state index in [1.165, 1.54) is 0 Å². The summed E-state index contributed by atoms with van der Waals surface area (Å²) in [6.45, 7) is 3.52. The fraction of sp³-hybridized carbons (Fsp3) is 0.389. The highest BCUT2D eigenvalue weighted by molar-refractivity contribution is 6.31. The molecular formula is C18H18ClN3O2. The van der Waals surface area contributed by atoms with Crippen LogP contribution < -0.4 is 9.64 Å². The van der Waals surface area contributed by atoms with E-state index in [0.717, 1.165) is 37.4 Å². The number of Topliss-reactive ketones (excluding diaryl/α,β-unsaturated/α-hetero) is 1. The number of fused-ring (bicyclic) bond motifs is 1. The van der Waals surface area contributed by atoms with Crippen molar-refractivity contribution >= 4 is 23.2 Å². The Kier molecular flexibility index (Phi) is 3.68. The van der Waals surface area contributed by atoms with Gasteiger partial charge in [-0.15, -0.1) is 5.10 Å². The Hall–Kier alpha value is -2.14. The summed E-state index contributed by atoms with van der Waals surface area (Å²) in [5.74, 6) is 1.64. The smallest absolute Gasteiger partial charge is 0.170 e. The second-order valence-corrected chi connectivity index (χ2v) is 6.98. The van der Waals surface area contributed by atoms with Crippen LogP contribution >= 0.6 is 11.6 Å². The summed E-state index contributed by atoms with van der Waals surface area (Å²) in [7, 11) is 0. The minimum Gasteiger partial charge on any atom is -0.486 e. The number of aryl methyl sites for hydroxylation is 1. The molecule has 6 heteroatoms. The summed E-state index contributed by atoms with van der Waals surface area (Å²) < 4.78 is 6.25. The fourth-order valence-electron chi connectivity index (χ4n) is 3.45. The number of anilines is 1. The van der Waals surface area contributed by atoms with Crippen molar-refractivity contribution in [1.82, 2.24) is 10.2 Å². The number of piperidine rings is 1. The van der Waals surface area contributed by atoms with Crippen LogP contribution in [0.2, 0.25) is 5.02 Å². The molecule has 0 amide bonds. The molecule has 4 rings (SSSR count). The van der Waals surface area contributed by atoms with Crippen LogP contribution in [0.3, 0.4) is 0 Å². The van der Waals surface area contributed by atoms with Gasteiger partial charge in [0.1, 0.15) is 11.4 Å². The van der Waals surface area contributed by atoms with Crippen LogP contribution in [0.25, 0.3) is 0 Å². The Morgan fingerprint density at radius 1 is 1.17 bits per heavy atom. The molecule has 2 aromatic rings. The van der Waals surface area contributed by atoms with Crippen molar-refractivity contribution < 1.29 is 9.53 Å². The lowest BCUT2D eigenvalue weighted by atomic mass is 9.82. The monoisotopic (exact) mass is 343 g/mol. The Morgan fingerprint density at radius 2 is 1.96 bits per heavy atom. The molecule has 1 spiro atoms. The number of ketones is 1. The molecule has 24 heavy (non-hydrogen) atoms. The molecule has 124 valence electrons. The van der Waals surface area contributed by atoms with Crippen LogP contribution in [0.1, 0.15) is 35.3 Å². The number of carbonyl (C=O) groups is 1. The van der Waals surface area contributed by atoms with Crippen molar-refractivity contribution in [2.75, 3.05) is 18.0 Å². The number of hydrogen-bond acceptors (Lipinski definition) is 5. The third kappa shape index (κ3) is 2.73. The number of hydrogen-bond donors (Lipinski definition) is 0. The minimum atomic E-state index is -0.410. The van der Waals surface area contributed by atoms with Gasteiger partial charge in [0.25, 0.3) is 0 Å². The molecule has 0 atom stereocenters. The molecule has 1 aromatic carbocycles. The van der Waals surface area contributed by atoms with Gasteiger partial charge < -0.3 is 9.64 Å². The van der Waals surface area contributed by atoms with E-state index in [2.05, 4.69) is 15.1 Å². The van der Waals surface area contributed by atoms with Crippen molar-refractivity contribution in [3.8, 4) is 5.75 Å². The lowest BCUT2D eigenvalue weighted by Crippen LogP contribution is -2.51. The molecule has 2 aliphatic heterocycles. The van der Waals surface area contributed by atoms with E-state index >= 15 is 0 Å². The van der Waals surface area contributed by atoms with Gasteiger partial charge in [0.15, 0.2) is 11.6 Å².